The Morgan fingerprint density at radius 3 is 2.92 bits per heavy atom. The Kier molecular flexibility index (Phi) is 5.76. The number of rotatable bonds is 6. The first kappa shape index (κ1) is 18.0. The van der Waals surface area contributed by atoms with Crippen LogP contribution in [0.5, 0.6) is 0 Å². The van der Waals surface area contributed by atoms with Crippen LogP contribution in [0.15, 0.2) is 24.4 Å². The second kappa shape index (κ2) is 8.02. The van der Waals surface area contributed by atoms with Crippen molar-refractivity contribution in [2.75, 3.05) is 26.2 Å². The molecule has 1 aromatic heterocycles. The molecule has 5 nitrogen and oxygen atoms in total. The number of aromatic nitrogens is 1. The minimum atomic E-state index is -0.511. The van der Waals surface area contributed by atoms with Gasteiger partial charge in [0.25, 0.3) is 0 Å². The summed E-state index contributed by atoms with van der Waals surface area (Å²) in [5.41, 5.74) is 3.25. The molecule has 2 aromatic rings. The lowest BCUT2D eigenvalue weighted by molar-refractivity contribution is -0.120. The van der Waals surface area contributed by atoms with Gasteiger partial charge in [0.2, 0.25) is 5.91 Å². The number of nitrogens with one attached hydrogen (secondary N) is 2. The Morgan fingerprint density at radius 2 is 2.16 bits per heavy atom. The number of benzene rings is 1. The van der Waals surface area contributed by atoms with Gasteiger partial charge >= 0.3 is 0 Å². The summed E-state index contributed by atoms with van der Waals surface area (Å²) < 4.78 is 0. The lowest BCUT2D eigenvalue weighted by atomic mass is 9.99. The van der Waals surface area contributed by atoms with Crippen molar-refractivity contribution < 1.29 is 9.90 Å². The van der Waals surface area contributed by atoms with Gasteiger partial charge in [-0.1, -0.05) is 19.1 Å². The molecule has 1 aromatic carbocycles. The Hall–Kier alpha value is -1.85. The number of fused-ring (bicyclic) bond motifs is 1. The molecule has 0 bridgehead atoms. The van der Waals surface area contributed by atoms with Gasteiger partial charge in [-0.3, -0.25) is 4.79 Å². The molecular formula is C20H29N3O2. The van der Waals surface area contributed by atoms with Crippen molar-refractivity contribution in [2.45, 2.75) is 39.2 Å². The van der Waals surface area contributed by atoms with Crippen molar-refractivity contribution in [1.82, 2.24) is 15.2 Å². The summed E-state index contributed by atoms with van der Waals surface area (Å²) in [7, 11) is 0. The number of H-pyrrole nitrogens is 1. The van der Waals surface area contributed by atoms with Crippen LogP contribution < -0.4 is 5.32 Å². The molecule has 2 heterocycles. The number of aliphatic hydroxyl groups is 1. The van der Waals surface area contributed by atoms with Crippen molar-refractivity contribution in [3.05, 3.63) is 35.5 Å². The summed E-state index contributed by atoms with van der Waals surface area (Å²) >= 11 is 0. The molecule has 0 saturated carbocycles. The molecule has 1 saturated heterocycles. The quantitative estimate of drug-likeness (QED) is 0.753. The maximum absolute atomic E-state index is 12.2. The van der Waals surface area contributed by atoms with E-state index in [1.165, 1.54) is 18.4 Å². The first-order valence-electron chi connectivity index (χ1n) is 9.25. The summed E-state index contributed by atoms with van der Waals surface area (Å²) in [6.45, 7) is 7.37. The van der Waals surface area contributed by atoms with Crippen LogP contribution in [0.4, 0.5) is 0 Å². The Balaban J connectivity index is 1.45. The number of carbonyl (C=O) groups excluding carboxylic acids is 1. The van der Waals surface area contributed by atoms with Gasteiger partial charge in [-0.05, 0) is 56.0 Å². The van der Waals surface area contributed by atoms with E-state index in [9.17, 15) is 9.90 Å². The highest BCUT2D eigenvalue weighted by Gasteiger charge is 2.18. The number of likely N-dealkylation sites (tertiary alicyclic amines) is 1. The van der Waals surface area contributed by atoms with E-state index in [1.807, 2.05) is 6.20 Å². The smallest absolute Gasteiger partial charge is 0.224 e. The Morgan fingerprint density at radius 1 is 1.40 bits per heavy atom. The topological polar surface area (TPSA) is 68.4 Å². The maximum atomic E-state index is 12.2. The highest BCUT2D eigenvalue weighted by Crippen LogP contribution is 2.20. The molecule has 1 amide bonds. The molecule has 1 aliphatic heterocycles. The number of carbonyl (C=O) groups is 1. The lowest BCUT2D eigenvalue weighted by Gasteiger charge is -2.31. The third-order valence-corrected chi connectivity index (χ3v) is 5.15. The lowest BCUT2D eigenvalue weighted by Crippen LogP contribution is -2.43. The van der Waals surface area contributed by atoms with E-state index in [0.717, 1.165) is 35.5 Å². The molecule has 25 heavy (non-hydrogen) atoms. The summed E-state index contributed by atoms with van der Waals surface area (Å²) in [6.07, 6.45) is 4.10. The fraction of sp³-hybridized carbons (Fsp3) is 0.550. The summed E-state index contributed by atoms with van der Waals surface area (Å²) in [5.74, 6) is 0.737. The minimum absolute atomic E-state index is 0.0483. The van der Waals surface area contributed by atoms with E-state index in [2.05, 4.69) is 47.2 Å². The predicted octanol–water partition coefficient (Wildman–Crippen LogP) is 2.23. The monoisotopic (exact) mass is 343 g/mol. The highest BCUT2D eigenvalue weighted by atomic mass is 16.3. The molecule has 1 unspecified atom stereocenters. The second-order valence-electron chi connectivity index (χ2n) is 7.48. The summed E-state index contributed by atoms with van der Waals surface area (Å²) in [6, 6.07) is 6.19. The third-order valence-electron chi connectivity index (χ3n) is 5.15. The van der Waals surface area contributed by atoms with E-state index < -0.39 is 6.10 Å². The van der Waals surface area contributed by atoms with E-state index >= 15 is 0 Å². The van der Waals surface area contributed by atoms with E-state index in [-0.39, 0.29) is 5.91 Å². The van der Waals surface area contributed by atoms with Crippen LogP contribution in [0.1, 0.15) is 30.9 Å². The number of aliphatic hydroxyl groups excluding tert-OH is 1. The number of amides is 1. The molecule has 0 radical (unpaired) electrons. The molecule has 3 rings (SSSR count). The van der Waals surface area contributed by atoms with Crippen LogP contribution in [0.25, 0.3) is 10.9 Å². The first-order chi connectivity index (χ1) is 12.0. The maximum Gasteiger partial charge on any atom is 0.224 e. The zero-order chi connectivity index (χ0) is 17.8. The van der Waals surface area contributed by atoms with Gasteiger partial charge in [0.1, 0.15) is 0 Å². The average Bonchev–Trinajstić information content (AvgIpc) is 2.97. The molecule has 3 N–H and O–H groups in total. The molecule has 0 aliphatic carbocycles. The average molecular weight is 343 g/mol. The number of aryl methyl sites for hydroxylation is 1. The van der Waals surface area contributed by atoms with Crippen LogP contribution >= 0.6 is 0 Å². The fourth-order valence-corrected chi connectivity index (χ4v) is 3.52. The van der Waals surface area contributed by atoms with E-state index in [1.54, 1.807) is 0 Å². The molecule has 1 fully saturated rings. The first-order valence-corrected chi connectivity index (χ1v) is 9.25. The number of aromatic amines is 1. The van der Waals surface area contributed by atoms with Gasteiger partial charge in [0.05, 0.1) is 12.5 Å². The fourth-order valence-electron chi connectivity index (χ4n) is 3.52. The van der Waals surface area contributed by atoms with Crippen molar-refractivity contribution in [3.8, 4) is 0 Å². The van der Waals surface area contributed by atoms with Crippen LogP contribution in [0.3, 0.4) is 0 Å². The van der Waals surface area contributed by atoms with Gasteiger partial charge in [0.15, 0.2) is 0 Å². The van der Waals surface area contributed by atoms with Gasteiger partial charge in [0, 0.05) is 30.2 Å². The number of nitrogens with zero attached hydrogens (tertiary/aromatic N) is 1. The highest BCUT2D eigenvalue weighted by molar-refractivity contribution is 5.89. The normalized spacial score (nSPS) is 17.7. The number of hydrogen-bond acceptors (Lipinski definition) is 3. The predicted molar refractivity (Wildman–Crippen MR) is 101 cm³/mol. The van der Waals surface area contributed by atoms with Crippen molar-refractivity contribution in [3.63, 3.8) is 0 Å². The van der Waals surface area contributed by atoms with Gasteiger partial charge in [-0.25, -0.2) is 0 Å². The molecule has 136 valence electrons. The number of hydrogen-bond donors (Lipinski definition) is 3. The number of β-amino-alcohol motifs (C(OH)–C–C–N with tert-alkyl or cyclic N) is 1. The van der Waals surface area contributed by atoms with Crippen LogP contribution in [0.2, 0.25) is 0 Å². The zero-order valence-electron chi connectivity index (χ0n) is 15.2. The molecule has 0 spiro atoms. The minimum Gasteiger partial charge on any atom is -0.390 e. The Bertz CT molecular complexity index is 717. The van der Waals surface area contributed by atoms with Crippen LogP contribution in [-0.4, -0.2) is 53.2 Å². The summed E-state index contributed by atoms with van der Waals surface area (Å²) in [4.78, 5) is 17.7. The zero-order valence-corrected chi connectivity index (χ0v) is 15.2. The van der Waals surface area contributed by atoms with Crippen LogP contribution in [0, 0.1) is 12.8 Å². The standard InChI is InChI=1S/C20H29N3O2/c1-14-5-7-23(8-6-14)13-17(24)12-22-20(25)10-16-11-21-19-9-15(2)3-4-18(16)19/h3-4,9,11,14,17,21,24H,5-8,10,12-13H2,1-2H3,(H,22,25). The molecule has 1 atom stereocenters. The summed E-state index contributed by atoms with van der Waals surface area (Å²) in [5, 5.41) is 14.1. The molecule has 1 aliphatic rings. The van der Waals surface area contributed by atoms with Crippen LogP contribution in [-0.2, 0) is 11.2 Å². The van der Waals surface area contributed by atoms with E-state index in [4.69, 9.17) is 0 Å². The van der Waals surface area contributed by atoms with Gasteiger partial charge < -0.3 is 20.3 Å². The Labute approximate surface area is 149 Å². The van der Waals surface area contributed by atoms with Crippen molar-refractivity contribution in [2.24, 2.45) is 5.92 Å². The second-order valence-corrected chi connectivity index (χ2v) is 7.48. The van der Waals surface area contributed by atoms with E-state index in [0.29, 0.717) is 19.5 Å². The molecular weight excluding hydrogens is 314 g/mol. The number of piperidine rings is 1. The van der Waals surface area contributed by atoms with Crippen molar-refractivity contribution in [1.29, 1.82) is 0 Å². The third kappa shape index (κ3) is 4.83. The largest absolute Gasteiger partial charge is 0.390 e. The van der Waals surface area contributed by atoms with Gasteiger partial charge in [-0.2, -0.15) is 0 Å². The SMILES string of the molecule is Cc1ccc2c(CC(=O)NCC(O)CN3CCC(C)CC3)c[nH]c2c1. The van der Waals surface area contributed by atoms with Gasteiger partial charge in [-0.15, -0.1) is 0 Å². The van der Waals surface area contributed by atoms with Crippen molar-refractivity contribution >= 4 is 16.8 Å². The molecule has 5 heteroatoms.